The number of rotatable bonds is 5. The van der Waals surface area contributed by atoms with Crippen LogP contribution in [0.4, 0.5) is 0 Å². The van der Waals surface area contributed by atoms with E-state index in [1.54, 1.807) is 0 Å². The Hall–Kier alpha value is -1.43. The Bertz CT molecular complexity index is 426. The van der Waals surface area contributed by atoms with Gasteiger partial charge >= 0.3 is 5.97 Å². The number of hydrogen-bond acceptors (Lipinski definition) is 4. The summed E-state index contributed by atoms with van der Waals surface area (Å²) >= 11 is 0.970. The lowest BCUT2D eigenvalue weighted by Gasteiger charge is -2.24. The molecule has 5 nitrogen and oxygen atoms in total. The molecule has 2 rings (SSSR count). The van der Waals surface area contributed by atoms with Gasteiger partial charge in [-0.05, 0) is 12.3 Å². The van der Waals surface area contributed by atoms with Crippen LogP contribution in [-0.4, -0.2) is 28.5 Å². The molecule has 0 aliphatic heterocycles. The molecule has 1 saturated carbocycles. The van der Waals surface area contributed by atoms with Crippen molar-refractivity contribution in [2.45, 2.75) is 25.7 Å². The standard InChI is InChI=1S/C11H14N2O3S/c14-9(12-5-4-7-2-1-3-7)8-6-17-10(13-8)11(15)16/h6-7H,1-5H2,(H,12,14)(H,15,16). The van der Waals surface area contributed by atoms with Crippen molar-refractivity contribution in [2.75, 3.05) is 6.54 Å². The fraction of sp³-hybridized carbons (Fsp3) is 0.545. The molecule has 1 aliphatic carbocycles. The molecule has 1 aliphatic rings. The summed E-state index contributed by atoms with van der Waals surface area (Å²) in [6.45, 7) is 0.642. The fourth-order valence-corrected chi connectivity index (χ4v) is 2.37. The predicted octanol–water partition coefficient (Wildman–Crippen LogP) is 1.76. The minimum atomic E-state index is -1.09. The third-order valence-electron chi connectivity index (χ3n) is 2.98. The number of amides is 1. The van der Waals surface area contributed by atoms with Gasteiger partial charge in [0.25, 0.3) is 5.91 Å². The quantitative estimate of drug-likeness (QED) is 0.839. The van der Waals surface area contributed by atoms with Crippen LogP contribution in [0.25, 0.3) is 0 Å². The zero-order valence-corrected chi connectivity index (χ0v) is 10.1. The van der Waals surface area contributed by atoms with Gasteiger partial charge < -0.3 is 10.4 Å². The minimum absolute atomic E-state index is 0.0471. The van der Waals surface area contributed by atoms with Crippen molar-refractivity contribution < 1.29 is 14.7 Å². The lowest BCUT2D eigenvalue weighted by molar-refractivity contribution is 0.0696. The van der Waals surface area contributed by atoms with E-state index in [9.17, 15) is 9.59 Å². The molecule has 1 aromatic heterocycles. The molecule has 0 atom stereocenters. The second-order valence-corrected chi connectivity index (χ2v) is 5.04. The van der Waals surface area contributed by atoms with E-state index in [0.29, 0.717) is 6.54 Å². The highest BCUT2D eigenvalue weighted by Gasteiger charge is 2.18. The Morgan fingerprint density at radius 1 is 1.53 bits per heavy atom. The SMILES string of the molecule is O=C(NCCC1CCC1)c1csc(C(=O)O)n1. The largest absolute Gasteiger partial charge is 0.476 e. The number of nitrogens with one attached hydrogen (secondary N) is 1. The van der Waals surface area contributed by atoms with Gasteiger partial charge in [0.1, 0.15) is 5.69 Å². The Morgan fingerprint density at radius 3 is 2.82 bits per heavy atom. The van der Waals surface area contributed by atoms with Crippen LogP contribution in [0.2, 0.25) is 0 Å². The first-order chi connectivity index (χ1) is 8.16. The van der Waals surface area contributed by atoms with Crippen LogP contribution in [0.3, 0.4) is 0 Å². The molecule has 1 fully saturated rings. The topological polar surface area (TPSA) is 79.3 Å². The molecule has 0 bridgehead atoms. The number of carboxylic acid groups (broad SMARTS) is 1. The number of hydrogen-bond donors (Lipinski definition) is 2. The molecule has 1 heterocycles. The van der Waals surface area contributed by atoms with E-state index >= 15 is 0 Å². The average molecular weight is 254 g/mol. The van der Waals surface area contributed by atoms with Crippen LogP contribution in [0, 0.1) is 5.92 Å². The van der Waals surface area contributed by atoms with Gasteiger partial charge in [-0.15, -0.1) is 11.3 Å². The lowest BCUT2D eigenvalue weighted by Crippen LogP contribution is -2.27. The molecule has 6 heteroatoms. The van der Waals surface area contributed by atoms with Gasteiger partial charge in [0.15, 0.2) is 0 Å². The fourth-order valence-electron chi connectivity index (χ4n) is 1.74. The zero-order chi connectivity index (χ0) is 12.3. The van der Waals surface area contributed by atoms with Crippen LogP contribution in [0.1, 0.15) is 46.0 Å². The first-order valence-corrected chi connectivity index (χ1v) is 6.52. The van der Waals surface area contributed by atoms with Crippen LogP contribution >= 0.6 is 11.3 Å². The van der Waals surface area contributed by atoms with Gasteiger partial charge in [0.2, 0.25) is 5.01 Å². The smallest absolute Gasteiger partial charge is 0.365 e. The van der Waals surface area contributed by atoms with E-state index in [4.69, 9.17) is 5.11 Å². The van der Waals surface area contributed by atoms with Crippen molar-refractivity contribution in [3.63, 3.8) is 0 Å². The molecule has 0 unspecified atom stereocenters. The van der Waals surface area contributed by atoms with E-state index in [2.05, 4.69) is 10.3 Å². The summed E-state index contributed by atoms with van der Waals surface area (Å²) in [5, 5.41) is 12.9. The van der Waals surface area contributed by atoms with Crippen LogP contribution in [0.15, 0.2) is 5.38 Å². The van der Waals surface area contributed by atoms with Crippen molar-refractivity contribution >= 4 is 23.2 Å². The van der Waals surface area contributed by atoms with E-state index in [1.807, 2.05) is 0 Å². The lowest BCUT2D eigenvalue weighted by atomic mass is 9.83. The zero-order valence-electron chi connectivity index (χ0n) is 9.31. The van der Waals surface area contributed by atoms with Crippen molar-refractivity contribution in [3.05, 3.63) is 16.1 Å². The summed E-state index contributed by atoms with van der Waals surface area (Å²) < 4.78 is 0. The summed E-state index contributed by atoms with van der Waals surface area (Å²) in [7, 11) is 0. The Morgan fingerprint density at radius 2 is 2.29 bits per heavy atom. The monoisotopic (exact) mass is 254 g/mol. The Labute approximate surface area is 103 Å². The number of carbonyl (C=O) groups is 2. The maximum absolute atomic E-state index is 11.6. The first-order valence-electron chi connectivity index (χ1n) is 5.64. The first kappa shape index (κ1) is 12.0. The maximum Gasteiger partial charge on any atom is 0.365 e. The van der Waals surface area contributed by atoms with Gasteiger partial charge in [0.05, 0.1) is 0 Å². The number of thiazole rings is 1. The van der Waals surface area contributed by atoms with Gasteiger partial charge in [-0.3, -0.25) is 4.79 Å². The number of carbonyl (C=O) groups excluding carboxylic acids is 1. The summed E-state index contributed by atoms with van der Waals surface area (Å²) in [5.74, 6) is -0.628. The highest BCUT2D eigenvalue weighted by atomic mass is 32.1. The van der Waals surface area contributed by atoms with E-state index < -0.39 is 5.97 Å². The molecular weight excluding hydrogens is 240 g/mol. The van der Waals surface area contributed by atoms with Gasteiger partial charge in [0, 0.05) is 11.9 Å². The third-order valence-corrected chi connectivity index (χ3v) is 3.81. The summed E-state index contributed by atoms with van der Waals surface area (Å²) in [6.07, 6.45) is 4.82. The number of nitrogens with zero attached hydrogens (tertiary/aromatic N) is 1. The average Bonchev–Trinajstić information content (AvgIpc) is 2.70. The van der Waals surface area contributed by atoms with Crippen LogP contribution < -0.4 is 5.32 Å². The number of aromatic nitrogens is 1. The summed E-state index contributed by atoms with van der Waals surface area (Å²) in [4.78, 5) is 26.0. The normalized spacial score (nSPS) is 15.3. The van der Waals surface area contributed by atoms with Crippen molar-refractivity contribution in [2.24, 2.45) is 5.92 Å². The maximum atomic E-state index is 11.6. The predicted molar refractivity (Wildman–Crippen MR) is 63.4 cm³/mol. The van der Waals surface area contributed by atoms with E-state index in [-0.39, 0.29) is 16.6 Å². The molecule has 1 aromatic rings. The molecule has 1 amide bonds. The molecule has 17 heavy (non-hydrogen) atoms. The second-order valence-electron chi connectivity index (χ2n) is 4.18. The Balaban J connectivity index is 1.79. The highest BCUT2D eigenvalue weighted by Crippen LogP contribution is 2.28. The molecule has 0 spiro atoms. The van der Waals surface area contributed by atoms with Crippen molar-refractivity contribution in [1.82, 2.24) is 10.3 Å². The van der Waals surface area contributed by atoms with Gasteiger partial charge in [-0.25, -0.2) is 9.78 Å². The Kier molecular flexibility index (Phi) is 3.73. The minimum Gasteiger partial charge on any atom is -0.476 e. The van der Waals surface area contributed by atoms with Crippen molar-refractivity contribution in [3.8, 4) is 0 Å². The summed E-state index contributed by atoms with van der Waals surface area (Å²) in [5.41, 5.74) is 0.195. The molecule has 0 saturated heterocycles. The number of aromatic carboxylic acids is 1. The molecular formula is C11H14N2O3S. The highest BCUT2D eigenvalue weighted by molar-refractivity contribution is 7.11. The summed E-state index contributed by atoms with van der Waals surface area (Å²) in [6, 6.07) is 0. The third kappa shape index (κ3) is 3.03. The molecule has 0 aromatic carbocycles. The van der Waals surface area contributed by atoms with Gasteiger partial charge in [-0.2, -0.15) is 0 Å². The van der Waals surface area contributed by atoms with Gasteiger partial charge in [-0.1, -0.05) is 19.3 Å². The van der Waals surface area contributed by atoms with Crippen molar-refractivity contribution in [1.29, 1.82) is 0 Å². The van der Waals surface area contributed by atoms with E-state index in [0.717, 1.165) is 23.7 Å². The molecule has 2 N–H and O–H groups in total. The van der Waals surface area contributed by atoms with E-state index in [1.165, 1.54) is 24.6 Å². The van der Waals surface area contributed by atoms with Crippen LogP contribution in [-0.2, 0) is 0 Å². The molecule has 0 radical (unpaired) electrons. The number of carboxylic acids is 1. The van der Waals surface area contributed by atoms with Crippen LogP contribution in [0.5, 0.6) is 0 Å². The molecule has 92 valence electrons. The second kappa shape index (κ2) is 5.27.